The SMILES string of the molecule is Cc1nn(-c2ccc(F)cc2F)c(C)c1C(=O)N1CCNCC1. The van der Waals surface area contributed by atoms with Gasteiger partial charge >= 0.3 is 0 Å². The molecule has 1 N–H and O–H groups in total. The molecule has 1 saturated heterocycles. The highest BCUT2D eigenvalue weighted by Crippen LogP contribution is 2.22. The Bertz CT molecular complexity index is 751. The van der Waals surface area contributed by atoms with Crippen LogP contribution in [0.25, 0.3) is 5.69 Å². The minimum absolute atomic E-state index is 0.102. The summed E-state index contributed by atoms with van der Waals surface area (Å²) in [6.07, 6.45) is 0. The van der Waals surface area contributed by atoms with Crippen molar-refractivity contribution in [1.82, 2.24) is 20.0 Å². The predicted molar refractivity (Wildman–Crippen MR) is 81.7 cm³/mol. The number of benzene rings is 1. The molecule has 0 bridgehead atoms. The fourth-order valence-electron chi connectivity index (χ4n) is 2.87. The molecule has 3 rings (SSSR count). The number of piperazine rings is 1. The van der Waals surface area contributed by atoms with Crippen LogP contribution in [0.1, 0.15) is 21.7 Å². The minimum Gasteiger partial charge on any atom is -0.336 e. The molecule has 0 saturated carbocycles. The van der Waals surface area contributed by atoms with Crippen molar-refractivity contribution in [3.63, 3.8) is 0 Å². The van der Waals surface area contributed by atoms with E-state index >= 15 is 0 Å². The predicted octanol–water partition coefficient (Wildman–Crippen LogP) is 1.81. The molecule has 1 fully saturated rings. The maximum Gasteiger partial charge on any atom is 0.257 e. The third-order valence-electron chi connectivity index (χ3n) is 4.05. The van der Waals surface area contributed by atoms with E-state index in [1.165, 1.54) is 16.8 Å². The minimum atomic E-state index is -0.711. The van der Waals surface area contributed by atoms with E-state index in [-0.39, 0.29) is 11.6 Å². The lowest BCUT2D eigenvalue weighted by atomic mass is 10.1. The van der Waals surface area contributed by atoms with Gasteiger partial charge in [0.1, 0.15) is 11.5 Å². The van der Waals surface area contributed by atoms with Gasteiger partial charge in [-0.3, -0.25) is 4.79 Å². The normalized spacial score (nSPS) is 15.0. The van der Waals surface area contributed by atoms with E-state index in [4.69, 9.17) is 0 Å². The van der Waals surface area contributed by atoms with Crippen molar-refractivity contribution in [2.24, 2.45) is 0 Å². The summed E-state index contributed by atoms with van der Waals surface area (Å²) >= 11 is 0. The lowest BCUT2D eigenvalue weighted by Crippen LogP contribution is -2.46. The lowest BCUT2D eigenvalue weighted by molar-refractivity contribution is 0.0734. The molecule has 1 aromatic carbocycles. The molecule has 0 unspecified atom stereocenters. The van der Waals surface area contributed by atoms with Gasteiger partial charge in [-0.2, -0.15) is 5.10 Å². The van der Waals surface area contributed by atoms with Gasteiger partial charge < -0.3 is 10.2 Å². The first-order chi connectivity index (χ1) is 11.0. The van der Waals surface area contributed by atoms with Crippen LogP contribution in [-0.4, -0.2) is 46.8 Å². The van der Waals surface area contributed by atoms with Crippen molar-refractivity contribution < 1.29 is 13.6 Å². The number of hydrogen-bond acceptors (Lipinski definition) is 3. The summed E-state index contributed by atoms with van der Waals surface area (Å²) in [5.74, 6) is -1.46. The Morgan fingerprint density at radius 1 is 1.22 bits per heavy atom. The van der Waals surface area contributed by atoms with Gasteiger partial charge in [0.25, 0.3) is 5.91 Å². The number of hydrogen-bond donors (Lipinski definition) is 1. The number of carbonyl (C=O) groups excluding carboxylic acids is 1. The number of aromatic nitrogens is 2. The Hall–Kier alpha value is -2.28. The molecule has 122 valence electrons. The molecule has 5 nitrogen and oxygen atoms in total. The fraction of sp³-hybridized carbons (Fsp3) is 0.375. The van der Waals surface area contributed by atoms with Crippen molar-refractivity contribution in [2.75, 3.05) is 26.2 Å². The maximum atomic E-state index is 14.0. The zero-order chi connectivity index (χ0) is 16.6. The van der Waals surface area contributed by atoms with E-state index in [1.807, 2.05) is 0 Å². The molecule has 23 heavy (non-hydrogen) atoms. The molecule has 2 heterocycles. The fourth-order valence-corrected chi connectivity index (χ4v) is 2.87. The smallest absolute Gasteiger partial charge is 0.257 e. The van der Waals surface area contributed by atoms with Gasteiger partial charge in [0, 0.05) is 32.2 Å². The molecule has 0 radical (unpaired) electrons. The second-order valence-corrected chi connectivity index (χ2v) is 5.60. The third-order valence-corrected chi connectivity index (χ3v) is 4.05. The maximum absolute atomic E-state index is 14.0. The third kappa shape index (κ3) is 2.84. The first-order valence-electron chi connectivity index (χ1n) is 7.50. The van der Waals surface area contributed by atoms with Crippen LogP contribution >= 0.6 is 0 Å². The van der Waals surface area contributed by atoms with Crippen LogP contribution in [0.15, 0.2) is 18.2 Å². The molecule has 0 atom stereocenters. The van der Waals surface area contributed by atoms with Crippen LogP contribution in [0.4, 0.5) is 8.78 Å². The van der Waals surface area contributed by atoms with Gasteiger partial charge in [0.15, 0.2) is 5.82 Å². The first-order valence-corrected chi connectivity index (χ1v) is 7.50. The monoisotopic (exact) mass is 320 g/mol. The van der Waals surface area contributed by atoms with Crippen LogP contribution in [0.5, 0.6) is 0 Å². The van der Waals surface area contributed by atoms with Crippen molar-refractivity contribution in [1.29, 1.82) is 0 Å². The standard InChI is InChI=1S/C16H18F2N4O/c1-10-15(16(23)21-7-5-19-6-8-21)11(2)22(20-10)14-4-3-12(17)9-13(14)18/h3-4,9,19H,5-8H2,1-2H3. The van der Waals surface area contributed by atoms with E-state index in [1.54, 1.807) is 18.7 Å². The number of amides is 1. The van der Waals surface area contributed by atoms with Crippen LogP contribution in [0, 0.1) is 25.5 Å². The molecule has 7 heteroatoms. The average Bonchev–Trinajstić information content (AvgIpc) is 2.82. The summed E-state index contributed by atoms with van der Waals surface area (Å²) in [4.78, 5) is 14.5. The van der Waals surface area contributed by atoms with Gasteiger partial charge in [-0.25, -0.2) is 13.5 Å². The van der Waals surface area contributed by atoms with Crippen LogP contribution in [0.2, 0.25) is 0 Å². The van der Waals surface area contributed by atoms with E-state index in [0.717, 1.165) is 19.2 Å². The Morgan fingerprint density at radius 2 is 1.91 bits per heavy atom. The molecule has 1 aliphatic rings. The topological polar surface area (TPSA) is 50.2 Å². The van der Waals surface area contributed by atoms with Gasteiger partial charge in [-0.15, -0.1) is 0 Å². The number of nitrogens with one attached hydrogen (secondary N) is 1. The van der Waals surface area contributed by atoms with Crippen molar-refractivity contribution >= 4 is 5.91 Å². The zero-order valence-corrected chi connectivity index (χ0v) is 13.1. The number of halogens is 2. The highest BCUT2D eigenvalue weighted by molar-refractivity contribution is 5.96. The van der Waals surface area contributed by atoms with Crippen molar-refractivity contribution in [3.8, 4) is 5.69 Å². The second kappa shape index (κ2) is 6.08. The van der Waals surface area contributed by atoms with Gasteiger partial charge in [-0.1, -0.05) is 0 Å². The highest BCUT2D eigenvalue weighted by Gasteiger charge is 2.25. The molecule has 2 aromatic rings. The van der Waals surface area contributed by atoms with Gasteiger partial charge in [-0.05, 0) is 26.0 Å². The molecule has 1 aliphatic heterocycles. The summed E-state index contributed by atoms with van der Waals surface area (Å²) in [7, 11) is 0. The Morgan fingerprint density at radius 3 is 2.57 bits per heavy atom. The molecule has 0 aliphatic carbocycles. The summed E-state index contributed by atoms with van der Waals surface area (Å²) in [5, 5.41) is 7.47. The van der Waals surface area contributed by atoms with Crippen molar-refractivity contribution in [3.05, 3.63) is 46.8 Å². The van der Waals surface area contributed by atoms with Crippen LogP contribution < -0.4 is 5.32 Å². The van der Waals surface area contributed by atoms with E-state index in [0.29, 0.717) is 30.0 Å². The highest BCUT2D eigenvalue weighted by atomic mass is 19.1. The molecular weight excluding hydrogens is 302 g/mol. The van der Waals surface area contributed by atoms with E-state index in [9.17, 15) is 13.6 Å². The molecule has 1 amide bonds. The first kappa shape index (κ1) is 15.6. The largest absolute Gasteiger partial charge is 0.336 e. The number of nitrogens with zero attached hydrogens (tertiary/aromatic N) is 3. The molecular formula is C16H18F2N4O. The summed E-state index contributed by atoms with van der Waals surface area (Å²) < 4.78 is 28.5. The number of carbonyl (C=O) groups is 1. The van der Waals surface area contributed by atoms with E-state index < -0.39 is 11.6 Å². The zero-order valence-electron chi connectivity index (χ0n) is 13.1. The Kier molecular flexibility index (Phi) is 4.12. The molecule has 0 spiro atoms. The Balaban J connectivity index is 2.00. The average molecular weight is 320 g/mol. The van der Waals surface area contributed by atoms with E-state index in [2.05, 4.69) is 10.4 Å². The number of rotatable bonds is 2. The van der Waals surface area contributed by atoms with Crippen LogP contribution in [-0.2, 0) is 0 Å². The number of aryl methyl sites for hydroxylation is 1. The summed E-state index contributed by atoms with van der Waals surface area (Å²) in [6.45, 7) is 6.22. The second-order valence-electron chi connectivity index (χ2n) is 5.60. The quantitative estimate of drug-likeness (QED) is 0.918. The lowest BCUT2D eigenvalue weighted by Gasteiger charge is -2.27. The van der Waals surface area contributed by atoms with Gasteiger partial charge in [0.2, 0.25) is 0 Å². The summed E-state index contributed by atoms with van der Waals surface area (Å²) in [5.41, 5.74) is 1.70. The molecule has 1 aromatic heterocycles. The van der Waals surface area contributed by atoms with Gasteiger partial charge in [0.05, 0.1) is 17.0 Å². The van der Waals surface area contributed by atoms with Crippen LogP contribution in [0.3, 0.4) is 0 Å². The van der Waals surface area contributed by atoms with Crippen molar-refractivity contribution in [2.45, 2.75) is 13.8 Å². The summed E-state index contributed by atoms with van der Waals surface area (Å²) in [6, 6.07) is 3.30. The Labute approximate surface area is 132 Å².